The largest absolute Gasteiger partial charge is 0.478 e. The molecular weight excluding hydrogens is 769 g/mol. The molecule has 12 nitrogen and oxygen atoms in total. The summed E-state index contributed by atoms with van der Waals surface area (Å²) in [5, 5.41) is 11.8. The fourth-order valence-electron chi connectivity index (χ4n) is 6.82. The average molecular weight is 821 g/mol. The number of amides is 3. The van der Waals surface area contributed by atoms with Gasteiger partial charge < -0.3 is 29.3 Å². The maximum atomic E-state index is 15.4. The maximum absolute atomic E-state index is 15.4. The van der Waals surface area contributed by atoms with Gasteiger partial charge in [0.25, 0.3) is 5.91 Å². The normalized spacial score (nSPS) is 17.6. The number of alkyl halides is 3. The van der Waals surface area contributed by atoms with Gasteiger partial charge in [0.15, 0.2) is 10.9 Å². The van der Waals surface area contributed by atoms with Crippen LogP contribution in [0.3, 0.4) is 0 Å². The number of halogens is 4. The molecule has 3 heterocycles. The summed E-state index contributed by atoms with van der Waals surface area (Å²) in [6.07, 6.45) is 1.16. The predicted octanol–water partition coefficient (Wildman–Crippen LogP) is 6.85. The fraction of sp³-hybridized carbons (Fsp3) is 0.600. The summed E-state index contributed by atoms with van der Waals surface area (Å²) in [5.41, 5.74) is -4.25. The molecule has 57 heavy (non-hydrogen) atoms. The van der Waals surface area contributed by atoms with Gasteiger partial charge in [-0.05, 0) is 102 Å². The lowest BCUT2D eigenvalue weighted by Crippen LogP contribution is -2.56. The van der Waals surface area contributed by atoms with E-state index in [1.165, 1.54) is 31.0 Å². The van der Waals surface area contributed by atoms with E-state index in [2.05, 4.69) is 10.3 Å². The maximum Gasteiger partial charge on any atom is 0.420 e. The number of benzene rings is 1. The molecule has 2 saturated heterocycles. The Hall–Kier alpha value is -4.40. The lowest BCUT2D eigenvalue weighted by molar-refractivity contribution is -0.141. The van der Waals surface area contributed by atoms with Gasteiger partial charge in [-0.15, -0.1) is 0 Å². The second-order valence-corrected chi connectivity index (χ2v) is 16.2. The summed E-state index contributed by atoms with van der Waals surface area (Å²) >= 11 is 5.53. The van der Waals surface area contributed by atoms with Crippen molar-refractivity contribution in [3.63, 3.8) is 0 Å². The Bertz CT molecular complexity index is 1850. The molecule has 1 N–H and O–H groups in total. The first-order chi connectivity index (χ1) is 26.7. The van der Waals surface area contributed by atoms with Gasteiger partial charge in [0, 0.05) is 38.5 Å². The molecule has 3 amide bonds. The first kappa shape index (κ1) is 45.3. The van der Waals surface area contributed by atoms with E-state index in [0.29, 0.717) is 61.4 Å². The second kappa shape index (κ2) is 18.9. The Morgan fingerprint density at radius 1 is 1.07 bits per heavy atom. The molecule has 2 aromatic rings. The van der Waals surface area contributed by atoms with E-state index >= 15 is 4.39 Å². The van der Waals surface area contributed by atoms with Crippen LogP contribution in [0.2, 0.25) is 0 Å². The lowest BCUT2D eigenvalue weighted by Gasteiger charge is -2.35. The fourth-order valence-corrected chi connectivity index (χ4v) is 7.33. The number of hydrogen-bond donors (Lipinski definition) is 1. The van der Waals surface area contributed by atoms with Crippen LogP contribution < -0.4 is 19.9 Å². The van der Waals surface area contributed by atoms with Gasteiger partial charge in [0.05, 0.1) is 35.8 Å². The van der Waals surface area contributed by atoms with E-state index in [1.807, 2.05) is 32.6 Å². The standard InChI is InChI=1S/C40H52F4N6O6S/c1-25-21-31(46-23-29(25)50-37(57)49(36(53)39(50,6)7)28-15-14-27(22-45)32(33(28)41)40(42,43)44)56-20-10-8-9-17-54-18-12-19-55-24-30(51)47-34(38(3,4)5)35(52)48-16-11-13-26(48)2/h14-15,21,23,26,34H,8-13,16-20,24H2,1-7H3,(H,47,51). The highest BCUT2D eigenvalue weighted by Gasteiger charge is 2.52. The number of ether oxygens (including phenoxy) is 3. The Labute approximate surface area is 336 Å². The Kier molecular flexibility index (Phi) is 15.0. The molecule has 1 aromatic carbocycles. The number of unbranched alkanes of at least 4 members (excludes halogenated alkanes) is 2. The summed E-state index contributed by atoms with van der Waals surface area (Å²) in [4.78, 5) is 47.6. The highest BCUT2D eigenvalue weighted by molar-refractivity contribution is 7.81. The molecule has 0 saturated carbocycles. The first-order valence-electron chi connectivity index (χ1n) is 19.0. The monoisotopic (exact) mass is 820 g/mol. The van der Waals surface area contributed by atoms with Gasteiger partial charge in [-0.25, -0.2) is 9.37 Å². The zero-order valence-electron chi connectivity index (χ0n) is 33.6. The van der Waals surface area contributed by atoms with Crippen LogP contribution in [0.4, 0.5) is 28.9 Å². The minimum Gasteiger partial charge on any atom is -0.478 e. The number of pyridine rings is 1. The number of carbonyl (C=O) groups excluding carboxylic acids is 3. The van der Waals surface area contributed by atoms with E-state index in [4.69, 9.17) is 31.7 Å². The van der Waals surface area contributed by atoms with E-state index in [0.717, 1.165) is 44.2 Å². The topological polar surface area (TPSA) is 137 Å². The molecule has 312 valence electrons. The molecule has 2 fully saturated rings. The van der Waals surface area contributed by atoms with Crippen molar-refractivity contribution in [1.29, 1.82) is 5.26 Å². The Balaban J connectivity index is 1.16. The van der Waals surface area contributed by atoms with E-state index < -0.39 is 51.7 Å². The van der Waals surface area contributed by atoms with Gasteiger partial charge >= 0.3 is 6.18 Å². The molecule has 2 aliphatic rings. The van der Waals surface area contributed by atoms with Gasteiger partial charge in [0.1, 0.15) is 23.8 Å². The van der Waals surface area contributed by atoms with Crippen LogP contribution in [0.1, 0.15) is 96.8 Å². The zero-order chi connectivity index (χ0) is 42.3. The molecule has 2 atom stereocenters. The van der Waals surface area contributed by atoms with E-state index in [-0.39, 0.29) is 29.6 Å². The van der Waals surface area contributed by atoms with Gasteiger partial charge in [-0.1, -0.05) is 20.8 Å². The van der Waals surface area contributed by atoms with Crippen molar-refractivity contribution in [2.24, 2.45) is 5.41 Å². The Morgan fingerprint density at radius 3 is 2.35 bits per heavy atom. The van der Waals surface area contributed by atoms with Crippen LogP contribution in [0.25, 0.3) is 0 Å². The first-order valence-corrected chi connectivity index (χ1v) is 19.5. The summed E-state index contributed by atoms with van der Waals surface area (Å²) in [6, 6.07) is 4.29. The summed E-state index contributed by atoms with van der Waals surface area (Å²) in [5.74, 6) is -2.58. The van der Waals surface area contributed by atoms with Crippen molar-refractivity contribution in [1.82, 2.24) is 15.2 Å². The summed E-state index contributed by atoms with van der Waals surface area (Å²) in [7, 11) is 0. The van der Waals surface area contributed by atoms with Crippen molar-refractivity contribution in [2.45, 2.75) is 111 Å². The molecule has 4 rings (SSSR count). The van der Waals surface area contributed by atoms with Gasteiger partial charge in [-0.3, -0.25) is 19.3 Å². The van der Waals surface area contributed by atoms with Crippen molar-refractivity contribution >= 4 is 46.4 Å². The number of nitriles is 1. The number of hydrogen-bond acceptors (Lipinski definition) is 9. The van der Waals surface area contributed by atoms with Crippen LogP contribution in [0.15, 0.2) is 24.4 Å². The number of nitrogens with zero attached hydrogens (tertiary/aromatic N) is 5. The minimum absolute atomic E-state index is 0.0518. The predicted molar refractivity (Wildman–Crippen MR) is 209 cm³/mol. The number of nitrogens with one attached hydrogen (secondary N) is 1. The number of rotatable bonds is 17. The number of carbonyl (C=O) groups is 3. The third-order valence-electron chi connectivity index (χ3n) is 9.98. The molecule has 0 radical (unpaired) electrons. The van der Waals surface area contributed by atoms with Gasteiger partial charge in [0.2, 0.25) is 17.7 Å². The molecule has 0 spiro atoms. The molecule has 2 unspecified atom stereocenters. The summed E-state index contributed by atoms with van der Waals surface area (Å²) in [6.45, 7) is 14.9. The molecule has 1 aromatic heterocycles. The third kappa shape index (κ3) is 10.8. The van der Waals surface area contributed by atoms with Crippen LogP contribution >= 0.6 is 12.2 Å². The average Bonchev–Trinajstić information content (AvgIpc) is 3.63. The third-order valence-corrected chi connectivity index (χ3v) is 10.3. The van der Waals surface area contributed by atoms with Crippen LogP contribution in [0, 0.1) is 29.5 Å². The molecular formula is C40H52F4N6O6S. The minimum atomic E-state index is -5.18. The molecule has 0 bridgehead atoms. The zero-order valence-corrected chi connectivity index (χ0v) is 34.4. The molecule has 17 heteroatoms. The van der Waals surface area contributed by atoms with Crippen LogP contribution in [0.5, 0.6) is 5.88 Å². The highest BCUT2D eigenvalue weighted by atomic mass is 32.1. The second-order valence-electron chi connectivity index (χ2n) is 15.9. The van der Waals surface area contributed by atoms with Crippen molar-refractivity contribution in [2.75, 3.05) is 49.4 Å². The van der Waals surface area contributed by atoms with Crippen molar-refractivity contribution in [3.8, 4) is 11.9 Å². The van der Waals surface area contributed by atoms with Gasteiger partial charge in [-0.2, -0.15) is 18.4 Å². The van der Waals surface area contributed by atoms with Crippen LogP contribution in [-0.4, -0.2) is 89.9 Å². The van der Waals surface area contributed by atoms with Crippen LogP contribution in [-0.2, 0) is 30.0 Å². The van der Waals surface area contributed by atoms with E-state index in [9.17, 15) is 27.6 Å². The van der Waals surface area contributed by atoms with Crippen molar-refractivity contribution in [3.05, 3.63) is 46.9 Å². The lowest BCUT2D eigenvalue weighted by atomic mass is 9.85. The smallest absolute Gasteiger partial charge is 0.420 e. The number of aromatic nitrogens is 1. The molecule has 2 aliphatic heterocycles. The molecule has 0 aliphatic carbocycles. The van der Waals surface area contributed by atoms with E-state index in [1.54, 1.807) is 13.0 Å². The number of anilines is 2. The Morgan fingerprint density at radius 2 is 1.74 bits per heavy atom. The summed E-state index contributed by atoms with van der Waals surface area (Å²) < 4.78 is 73.5. The quantitative estimate of drug-likeness (QED) is 0.103. The number of thiocarbonyl (C=S) groups is 1. The number of aryl methyl sites for hydroxylation is 1. The number of likely N-dealkylation sites (tertiary alicyclic amines) is 1. The van der Waals surface area contributed by atoms with Crippen molar-refractivity contribution < 1.29 is 46.2 Å². The SMILES string of the molecule is Cc1cc(OCCCCCOCCCOCC(=O)NC(C(=O)N2CCCC2C)C(C)(C)C)ncc1N1C(=S)N(c2ccc(C#N)c(C(F)(F)F)c2F)C(=O)C1(C)C. The highest BCUT2D eigenvalue weighted by Crippen LogP contribution is 2.42.